The Morgan fingerprint density at radius 1 is 1.33 bits per heavy atom. The van der Waals surface area contributed by atoms with E-state index < -0.39 is 10.0 Å². The summed E-state index contributed by atoms with van der Waals surface area (Å²) in [5.41, 5.74) is 0.805. The first-order valence-electron chi connectivity index (χ1n) is 5.23. The van der Waals surface area contributed by atoms with E-state index in [1.165, 1.54) is 12.3 Å². The molecule has 0 atom stereocenters. The van der Waals surface area contributed by atoms with Crippen LogP contribution in [-0.2, 0) is 10.0 Å². The van der Waals surface area contributed by atoms with Crippen LogP contribution in [0.25, 0.3) is 0 Å². The zero-order valence-corrected chi connectivity index (χ0v) is 10.7. The average Bonchev–Trinajstić information content (AvgIpc) is 2.72. The SMILES string of the molecule is Cc1ncc(S(=O)(=O)Nc2cccc(O)c2C)[nH]1. The van der Waals surface area contributed by atoms with Crippen molar-refractivity contribution in [3.05, 3.63) is 35.8 Å². The summed E-state index contributed by atoms with van der Waals surface area (Å²) >= 11 is 0. The smallest absolute Gasteiger partial charge is 0.278 e. The van der Waals surface area contributed by atoms with Gasteiger partial charge in [0.2, 0.25) is 0 Å². The third-order valence-corrected chi connectivity index (χ3v) is 3.79. The number of rotatable bonds is 3. The van der Waals surface area contributed by atoms with Crippen LogP contribution in [0.15, 0.2) is 29.4 Å². The number of hydrogen-bond donors (Lipinski definition) is 3. The fourth-order valence-corrected chi connectivity index (χ4v) is 2.56. The van der Waals surface area contributed by atoms with Crippen molar-refractivity contribution in [1.82, 2.24) is 9.97 Å². The molecule has 7 heteroatoms. The number of phenolic OH excluding ortho intramolecular Hbond substituents is 1. The molecule has 0 aliphatic heterocycles. The molecule has 0 aliphatic rings. The standard InChI is InChI=1S/C11H13N3O3S/c1-7-9(4-3-5-10(7)15)14-18(16,17)11-6-12-8(2)13-11/h3-6,14-15H,1-2H3,(H,12,13). The third kappa shape index (κ3) is 2.30. The molecule has 0 bridgehead atoms. The third-order valence-electron chi connectivity index (χ3n) is 2.52. The Morgan fingerprint density at radius 2 is 2.06 bits per heavy atom. The highest BCUT2D eigenvalue weighted by Gasteiger charge is 2.18. The van der Waals surface area contributed by atoms with Crippen LogP contribution in [0, 0.1) is 13.8 Å². The van der Waals surface area contributed by atoms with E-state index in [1.807, 2.05) is 0 Å². The van der Waals surface area contributed by atoms with Crippen molar-refractivity contribution in [1.29, 1.82) is 0 Å². The summed E-state index contributed by atoms with van der Waals surface area (Å²) in [4.78, 5) is 6.49. The minimum Gasteiger partial charge on any atom is -0.508 e. The number of H-pyrrole nitrogens is 1. The van der Waals surface area contributed by atoms with Gasteiger partial charge in [-0.3, -0.25) is 4.72 Å². The lowest BCUT2D eigenvalue weighted by atomic mass is 10.2. The Hall–Kier alpha value is -2.02. The zero-order chi connectivity index (χ0) is 13.3. The Balaban J connectivity index is 2.37. The van der Waals surface area contributed by atoms with Gasteiger partial charge >= 0.3 is 0 Å². The first-order valence-corrected chi connectivity index (χ1v) is 6.71. The minimum absolute atomic E-state index is 0.0113. The van der Waals surface area contributed by atoms with Crippen molar-refractivity contribution < 1.29 is 13.5 Å². The van der Waals surface area contributed by atoms with E-state index in [1.54, 1.807) is 26.0 Å². The topological polar surface area (TPSA) is 95.1 Å². The monoisotopic (exact) mass is 267 g/mol. The van der Waals surface area contributed by atoms with Crippen molar-refractivity contribution in [2.75, 3.05) is 4.72 Å². The molecule has 18 heavy (non-hydrogen) atoms. The highest BCUT2D eigenvalue weighted by atomic mass is 32.2. The van der Waals surface area contributed by atoms with Gasteiger partial charge in [0.15, 0.2) is 5.03 Å². The minimum atomic E-state index is -3.71. The largest absolute Gasteiger partial charge is 0.508 e. The quantitative estimate of drug-likeness (QED) is 0.786. The van der Waals surface area contributed by atoms with Crippen LogP contribution in [0.3, 0.4) is 0 Å². The average molecular weight is 267 g/mol. The lowest BCUT2D eigenvalue weighted by Gasteiger charge is -2.09. The number of aromatic nitrogens is 2. The van der Waals surface area contributed by atoms with E-state index in [0.717, 1.165) is 0 Å². The predicted octanol–water partition coefficient (Wildman–Crippen LogP) is 1.53. The summed E-state index contributed by atoms with van der Waals surface area (Å²) in [7, 11) is -3.71. The molecule has 3 N–H and O–H groups in total. The number of anilines is 1. The van der Waals surface area contributed by atoms with Gasteiger partial charge in [-0.2, -0.15) is 8.42 Å². The number of imidazole rings is 1. The summed E-state index contributed by atoms with van der Waals surface area (Å²) in [6.45, 7) is 3.30. The van der Waals surface area contributed by atoms with Crippen LogP contribution in [0.1, 0.15) is 11.4 Å². The van der Waals surface area contributed by atoms with Crippen LogP contribution in [0.2, 0.25) is 0 Å². The van der Waals surface area contributed by atoms with E-state index in [0.29, 0.717) is 17.1 Å². The van der Waals surface area contributed by atoms with Gasteiger partial charge < -0.3 is 10.1 Å². The second kappa shape index (κ2) is 4.34. The summed E-state index contributed by atoms with van der Waals surface area (Å²) in [5.74, 6) is 0.555. The molecule has 0 unspecified atom stereocenters. The molecule has 0 spiro atoms. The number of nitrogens with one attached hydrogen (secondary N) is 2. The van der Waals surface area contributed by atoms with Gasteiger partial charge in [0.25, 0.3) is 10.0 Å². The highest BCUT2D eigenvalue weighted by Crippen LogP contribution is 2.25. The number of sulfonamides is 1. The molecule has 0 aliphatic carbocycles. The second-order valence-corrected chi connectivity index (χ2v) is 5.54. The highest BCUT2D eigenvalue weighted by molar-refractivity contribution is 7.92. The normalized spacial score (nSPS) is 11.4. The van der Waals surface area contributed by atoms with Crippen LogP contribution in [-0.4, -0.2) is 23.5 Å². The Labute approximate surface area is 105 Å². The van der Waals surface area contributed by atoms with E-state index >= 15 is 0 Å². The molecule has 1 heterocycles. The van der Waals surface area contributed by atoms with Crippen LogP contribution < -0.4 is 4.72 Å². The maximum absolute atomic E-state index is 12.0. The maximum Gasteiger partial charge on any atom is 0.278 e. The van der Waals surface area contributed by atoms with Gasteiger partial charge in [-0.1, -0.05) is 6.07 Å². The number of benzene rings is 1. The maximum atomic E-state index is 12.0. The first-order chi connectivity index (χ1) is 8.40. The van der Waals surface area contributed by atoms with Gasteiger partial charge in [0.1, 0.15) is 11.6 Å². The van der Waals surface area contributed by atoms with Crippen molar-refractivity contribution in [2.45, 2.75) is 18.9 Å². The van der Waals surface area contributed by atoms with Crippen molar-refractivity contribution >= 4 is 15.7 Å². The summed E-state index contributed by atoms with van der Waals surface area (Å²) < 4.78 is 26.4. The van der Waals surface area contributed by atoms with Gasteiger partial charge in [-0.05, 0) is 26.0 Å². The molecule has 1 aromatic heterocycles. The number of phenols is 1. The summed E-state index contributed by atoms with van der Waals surface area (Å²) in [6, 6.07) is 4.64. The van der Waals surface area contributed by atoms with Gasteiger partial charge in [-0.15, -0.1) is 0 Å². The van der Waals surface area contributed by atoms with Crippen molar-refractivity contribution in [2.24, 2.45) is 0 Å². The Morgan fingerprint density at radius 3 is 2.67 bits per heavy atom. The van der Waals surface area contributed by atoms with Crippen LogP contribution >= 0.6 is 0 Å². The number of aromatic hydroxyl groups is 1. The molecule has 96 valence electrons. The molecule has 1 aromatic carbocycles. The van der Waals surface area contributed by atoms with Gasteiger partial charge in [0, 0.05) is 5.56 Å². The molecule has 0 saturated heterocycles. The number of hydrogen-bond acceptors (Lipinski definition) is 4. The first kappa shape index (κ1) is 12.4. The van der Waals surface area contributed by atoms with Crippen LogP contribution in [0.5, 0.6) is 5.75 Å². The summed E-state index contributed by atoms with van der Waals surface area (Å²) in [6.07, 6.45) is 1.25. The zero-order valence-electron chi connectivity index (χ0n) is 9.93. The van der Waals surface area contributed by atoms with E-state index in [-0.39, 0.29) is 10.8 Å². The second-order valence-electron chi connectivity index (χ2n) is 3.89. The predicted molar refractivity (Wildman–Crippen MR) is 67.0 cm³/mol. The number of nitrogens with zero attached hydrogens (tertiary/aromatic N) is 1. The molecule has 0 fully saturated rings. The number of aryl methyl sites for hydroxylation is 1. The van der Waals surface area contributed by atoms with Gasteiger partial charge in [0.05, 0.1) is 11.9 Å². The van der Waals surface area contributed by atoms with Crippen LogP contribution in [0.4, 0.5) is 5.69 Å². The fourth-order valence-electron chi connectivity index (χ4n) is 1.47. The Kier molecular flexibility index (Phi) is 3.00. The molecule has 0 radical (unpaired) electrons. The van der Waals surface area contributed by atoms with Gasteiger partial charge in [-0.25, -0.2) is 4.98 Å². The molecule has 2 aromatic rings. The molecule has 0 amide bonds. The molecule has 6 nitrogen and oxygen atoms in total. The molecular weight excluding hydrogens is 254 g/mol. The van der Waals surface area contributed by atoms with Crippen molar-refractivity contribution in [3.63, 3.8) is 0 Å². The molecular formula is C11H13N3O3S. The molecule has 2 rings (SSSR count). The van der Waals surface area contributed by atoms with E-state index in [9.17, 15) is 13.5 Å². The van der Waals surface area contributed by atoms with E-state index in [2.05, 4.69) is 14.7 Å². The van der Waals surface area contributed by atoms with E-state index in [4.69, 9.17) is 0 Å². The Bertz CT molecular complexity index is 677. The van der Waals surface area contributed by atoms with Crippen molar-refractivity contribution in [3.8, 4) is 5.75 Å². The molecule has 0 saturated carbocycles. The number of aromatic amines is 1. The lowest BCUT2D eigenvalue weighted by molar-refractivity contribution is 0.471. The fraction of sp³-hybridized carbons (Fsp3) is 0.182. The lowest BCUT2D eigenvalue weighted by Crippen LogP contribution is -2.14. The summed E-state index contributed by atoms with van der Waals surface area (Å²) in [5, 5.41) is 9.51.